The van der Waals surface area contributed by atoms with Crippen molar-refractivity contribution in [3.63, 3.8) is 0 Å². The van der Waals surface area contributed by atoms with Crippen molar-refractivity contribution in [2.75, 3.05) is 20.2 Å². The van der Waals surface area contributed by atoms with Gasteiger partial charge in [0.2, 0.25) is 0 Å². The van der Waals surface area contributed by atoms with Crippen molar-refractivity contribution in [3.8, 4) is 17.6 Å². The highest BCUT2D eigenvalue weighted by molar-refractivity contribution is 7.46. The van der Waals surface area contributed by atoms with Crippen LogP contribution in [-0.4, -0.2) is 75.9 Å². The summed E-state index contributed by atoms with van der Waals surface area (Å²) < 4.78 is 24.3. The number of allylic oxidation sites excluding steroid dienone is 1. The van der Waals surface area contributed by atoms with Crippen LogP contribution < -0.4 is 4.74 Å². The topological polar surface area (TPSA) is 199 Å². The van der Waals surface area contributed by atoms with Crippen LogP contribution in [0.15, 0.2) is 48.7 Å². The van der Waals surface area contributed by atoms with Crippen LogP contribution in [0.2, 0.25) is 0 Å². The molecule has 15 nitrogen and oxygen atoms in total. The predicted molar refractivity (Wildman–Crippen MR) is 146 cm³/mol. The molecule has 4 aromatic heterocycles. The van der Waals surface area contributed by atoms with Crippen molar-refractivity contribution >= 4 is 36.0 Å². The number of phosphoric acid groups is 1. The zero-order valence-corrected chi connectivity index (χ0v) is 23.4. The third kappa shape index (κ3) is 5.69. The molecule has 16 heteroatoms. The van der Waals surface area contributed by atoms with Gasteiger partial charge in [0.15, 0.2) is 5.82 Å². The van der Waals surface area contributed by atoms with Crippen molar-refractivity contribution in [1.82, 2.24) is 34.2 Å². The first-order valence-corrected chi connectivity index (χ1v) is 14.2. The van der Waals surface area contributed by atoms with Crippen LogP contribution in [-0.2, 0) is 20.6 Å². The number of aromatic nitrogens is 6. The Hall–Kier alpha value is -4.74. The number of carbonyl (C=O) groups is 2. The maximum absolute atomic E-state index is 13.7. The summed E-state index contributed by atoms with van der Waals surface area (Å²) in [5.41, 5.74) is 1.96. The van der Waals surface area contributed by atoms with Gasteiger partial charge in [-0.15, -0.1) is 0 Å². The number of amides is 1. The van der Waals surface area contributed by atoms with Gasteiger partial charge in [0.05, 0.1) is 35.5 Å². The van der Waals surface area contributed by atoms with Gasteiger partial charge < -0.3 is 24.0 Å². The summed E-state index contributed by atoms with van der Waals surface area (Å²) in [5.74, 6) is -0.902. The van der Waals surface area contributed by atoms with Gasteiger partial charge in [0.25, 0.3) is 11.7 Å². The minimum atomic E-state index is -4.90. The summed E-state index contributed by atoms with van der Waals surface area (Å²) in [6.07, 6.45) is 6.38. The van der Waals surface area contributed by atoms with Crippen LogP contribution in [0.25, 0.3) is 22.3 Å². The highest BCUT2D eigenvalue weighted by Gasteiger charge is 2.32. The molecule has 0 saturated carbocycles. The lowest BCUT2D eigenvalue weighted by Crippen LogP contribution is -2.40. The van der Waals surface area contributed by atoms with Gasteiger partial charge in [-0.05, 0) is 37.5 Å². The number of Topliss-reactive ketones (excluding diaryl/α,β-unsaturated/α-hetero) is 1. The first kappa shape index (κ1) is 28.8. The first-order valence-electron chi connectivity index (χ1n) is 12.6. The molecule has 1 saturated heterocycles. The van der Waals surface area contributed by atoms with E-state index < -0.39 is 26.2 Å². The molecule has 5 rings (SSSR count). The Morgan fingerprint density at radius 1 is 1.17 bits per heavy atom. The predicted octanol–water partition coefficient (Wildman–Crippen LogP) is 2.18. The second-order valence-electron chi connectivity index (χ2n) is 9.30. The van der Waals surface area contributed by atoms with E-state index in [1.165, 1.54) is 40.0 Å². The van der Waals surface area contributed by atoms with Crippen molar-refractivity contribution in [2.24, 2.45) is 0 Å². The Morgan fingerprint density at radius 3 is 2.52 bits per heavy atom. The van der Waals surface area contributed by atoms with E-state index in [2.05, 4.69) is 26.1 Å². The molecule has 0 atom stereocenters. The minimum absolute atomic E-state index is 0.0748. The van der Waals surface area contributed by atoms with Gasteiger partial charge in [0, 0.05) is 25.5 Å². The van der Waals surface area contributed by atoms with E-state index in [4.69, 9.17) is 9.26 Å². The second-order valence-corrected chi connectivity index (χ2v) is 10.5. The second kappa shape index (κ2) is 11.6. The molecule has 5 heterocycles. The van der Waals surface area contributed by atoms with E-state index in [1.807, 2.05) is 0 Å². The number of aryl methyl sites for hydroxylation is 1. The average molecular weight is 593 g/mol. The summed E-state index contributed by atoms with van der Waals surface area (Å²) in [5, 5.41) is 14.2. The highest BCUT2D eigenvalue weighted by Crippen LogP contribution is 2.39. The fourth-order valence-electron chi connectivity index (χ4n) is 4.79. The summed E-state index contributed by atoms with van der Waals surface area (Å²) in [4.78, 5) is 59.9. The van der Waals surface area contributed by atoms with Gasteiger partial charge in [0.1, 0.15) is 36.2 Å². The number of phosphoric ester groups is 1. The lowest BCUT2D eigenvalue weighted by atomic mass is 9.95. The monoisotopic (exact) mass is 592 g/mol. The van der Waals surface area contributed by atoms with Gasteiger partial charge in [-0.3, -0.25) is 19.1 Å². The quantitative estimate of drug-likeness (QED) is 0.131. The Morgan fingerprint density at radius 2 is 1.93 bits per heavy atom. The molecule has 0 aromatic carbocycles. The summed E-state index contributed by atoms with van der Waals surface area (Å²) in [6, 6.07) is 7.50. The molecule has 4 aromatic rings. The molecular weight excluding hydrogens is 567 g/mol. The van der Waals surface area contributed by atoms with Crippen LogP contribution in [0.1, 0.15) is 34.7 Å². The average Bonchev–Trinajstić information content (AvgIpc) is 3.60. The maximum Gasteiger partial charge on any atom is 0.471 e. The van der Waals surface area contributed by atoms with Crippen LogP contribution in [0.5, 0.6) is 5.75 Å². The number of nitrogens with zero attached hydrogens (tertiary/aromatic N) is 8. The standard InChI is InChI=1S/C26H25N8O7P/c1-16-30-14-34(31-16)25-23-22(21(40-2)12-29-25)19(13-33(23)15-41-42(37,38)39)24(35)26(36)32-9-6-17(7-10-32)18(11-27)20-5-3-4-8-28-20/h3-5,8,12-14H,6-7,9-10,15H2,1-2H3,(H2,37,38,39). The van der Waals surface area contributed by atoms with Crippen molar-refractivity contribution in [3.05, 3.63) is 65.8 Å². The molecule has 42 heavy (non-hydrogen) atoms. The number of ether oxygens (including phenoxy) is 1. The molecule has 2 N–H and O–H groups in total. The Kier molecular flexibility index (Phi) is 7.97. The van der Waals surface area contributed by atoms with E-state index in [0.717, 1.165) is 5.57 Å². The lowest BCUT2D eigenvalue weighted by molar-refractivity contribution is -0.126. The highest BCUT2D eigenvalue weighted by atomic mass is 31.2. The van der Waals surface area contributed by atoms with Crippen LogP contribution in [0, 0.1) is 18.3 Å². The van der Waals surface area contributed by atoms with Crippen LogP contribution in [0.4, 0.5) is 0 Å². The molecular formula is C26H25N8O7P. The minimum Gasteiger partial charge on any atom is -0.494 e. The summed E-state index contributed by atoms with van der Waals surface area (Å²) in [6.45, 7) is 1.41. The molecule has 0 bridgehead atoms. The van der Waals surface area contributed by atoms with E-state index in [9.17, 15) is 29.2 Å². The number of rotatable bonds is 8. The number of hydrogen-bond acceptors (Lipinski definition) is 10. The number of methoxy groups -OCH3 is 1. The van der Waals surface area contributed by atoms with Gasteiger partial charge in [-0.25, -0.2) is 19.2 Å². The molecule has 0 unspecified atom stereocenters. The smallest absolute Gasteiger partial charge is 0.471 e. The molecule has 1 aliphatic heterocycles. The SMILES string of the molecule is COc1cnc(-n2cnc(C)n2)c2c1c(C(=O)C(=O)N1CCC(=C(C#N)c3ccccn3)CC1)cn2COP(=O)(O)O. The van der Waals surface area contributed by atoms with Crippen molar-refractivity contribution in [1.29, 1.82) is 5.26 Å². The van der Waals surface area contributed by atoms with Gasteiger partial charge >= 0.3 is 7.82 Å². The Balaban J connectivity index is 1.51. The molecule has 216 valence electrons. The number of hydrogen-bond donors (Lipinski definition) is 2. The van der Waals surface area contributed by atoms with Crippen LogP contribution in [0.3, 0.4) is 0 Å². The first-order chi connectivity index (χ1) is 20.1. The van der Waals surface area contributed by atoms with Gasteiger partial charge in [-0.2, -0.15) is 10.4 Å². The zero-order valence-electron chi connectivity index (χ0n) is 22.5. The number of nitriles is 1. The molecule has 1 amide bonds. The van der Waals surface area contributed by atoms with Crippen molar-refractivity contribution < 1.29 is 33.2 Å². The normalized spacial score (nSPS) is 13.7. The Bertz CT molecular complexity index is 1790. The van der Waals surface area contributed by atoms with E-state index >= 15 is 0 Å². The molecule has 1 fully saturated rings. The third-order valence-electron chi connectivity index (χ3n) is 6.73. The number of fused-ring (bicyclic) bond motifs is 1. The van der Waals surface area contributed by atoms with E-state index in [0.29, 0.717) is 29.9 Å². The molecule has 0 radical (unpaired) electrons. The summed E-state index contributed by atoms with van der Waals surface area (Å²) >= 11 is 0. The van der Waals surface area contributed by atoms with Crippen molar-refractivity contribution in [2.45, 2.75) is 26.5 Å². The molecule has 0 aliphatic carbocycles. The number of likely N-dealkylation sites (tertiary alicyclic amines) is 1. The summed E-state index contributed by atoms with van der Waals surface area (Å²) in [7, 11) is -3.54. The fourth-order valence-corrected chi connectivity index (χ4v) is 5.06. The van der Waals surface area contributed by atoms with E-state index in [-0.39, 0.29) is 41.1 Å². The number of ketones is 1. The van der Waals surface area contributed by atoms with Gasteiger partial charge in [-0.1, -0.05) is 6.07 Å². The zero-order chi connectivity index (χ0) is 30.0. The maximum atomic E-state index is 13.7. The Labute approximate surface area is 238 Å². The largest absolute Gasteiger partial charge is 0.494 e. The van der Waals surface area contributed by atoms with Crippen LogP contribution >= 0.6 is 7.82 Å². The molecule has 0 spiro atoms. The number of carbonyl (C=O) groups excluding carboxylic acids is 2. The third-order valence-corrected chi connectivity index (χ3v) is 7.18. The molecule has 1 aliphatic rings. The number of pyridine rings is 2. The number of piperidine rings is 1. The van der Waals surface area contributed by atoms with E-state index in [1.54, 1.807) is 31.3 Å². The lowest BCUT2D eigenvalue weighted by Gasteiger charge is -2.28. The fraction of sp³-hybridized carbons (Fsp3) is 0.269.